The first-order valence-corrected chi connectivity index (χ1v) is 6.97. The first kappa shape index (κ1) is 14.9. The molecule has 2 aromatic carbocycles. The van der Waals surface area contributed by atoms with E-state index in [4.69, 9.17) is 4.52 Å². The summed E-state index contributed by atoms with van der Waals surface area (Å²) in [5.41, 5.74) is 1.21. The quantitative estimate of drug-likeness (QED) is 0.745. The molecule has 0 N–H and O–H groups in total. The molecule has 0 spiro atoms. The number of rotatable bonds is 3. The Labute approximate surface area is 132 Å². The highest BCUT2D eigenvalue weighted by molar-refractivity contribution is 5.99. The molecule has 0 bridgehead atoms. The zero-order valence-electron chi connectivity index (χ0n) is 12.7. The SMILES string of the molecule is CN(C)C(=O)c1ccccc1-c1nc(-c2ccccc2F)no1. The summed E-state index contributed by atoms with van der Waals surface area (Å²) < 4.78 is 19.1. The average molecular weight is 311 g/mol. The van der Waals surface area contributed by atoms with E-state index < -0.39 is 5.82 Å². The van der Waals surface area contributed by atoms with Crippen molar-refractivity contribution in [3.8, 4) is 22.8 Å². The van der Waals surface area contributed by atoms with Gasteiger partial charge >= 0.3 is 0 Å². The molecule has 3 aromatic rings. The zero-order valence-corrected chi connectivity index (χ0v) is 12.7. The Morgan fingerprint density at radius 1 is 1.04 bits per heavy atom. The fraction of sp³-hybridized carbons (Fsp3) is 0.118. The summed E-state index contributed by atoms with van der Waals surface area (Å²) in [5, 5.41) is 3.82. The van der Waals surface area contributed by atoms with Crippen LogP contribution in [-0.2, 0) is 0 Å². The molecule has 6 heteroatoms. The molecule has 0 saturated heterocycles. The lowest BCUT2D eigenvalue weighted by Gasteiger charge is -2.11. The summed E-state index contributed by atoms with van der Waals surface area (Å²) in [5.74, 6) is -0.289. The molecule has 116 valence electrons. The van der Waals surface area contributed by atoms with Crippen LogP contribution < -0.4 is 0 Å². The molecule has 5 nitrogen and oxygen atoms in total. The van der Waals surface area contributed by atoms with Crippen molar-refractivity contribution in [1.29, 1.82) is 0 Å². The van der Waals surface area contributed by atoms with Gasteiger partial charge in [0.2, 0.25) is 5.82 Å². The van der Waals surface area contributed by atoms with Gasteiger partial charge in [0.15, 0.2) is 0 Å². The minimum absolute atomic E-state index is 0.144. The maximum Gasteiger partial charge on any atom is 0.259 e. The Morgan fingerprint density at radius 3 is 2.39 bits per heavy atom. The summed E-state index contributed by atoms with van der Waals surface area (Å²) in [6, 6.07) is 13.1. The number of hydrogen-bond donors (Lipinski definition) is 0. The normalized spacial score (nSPS) is 10.6. The zero-order chi connectivity index (χ0) is 16.4. The van der Waals surface area contributed by atoms with Crippen LogP contribution >= 0.6 is 0 Å². The largest absolute Gasteiger partial charge is 0.345 e. The number of hydrogen-bond acceptors (Lipinski definition) is 4. The molecule has 0 saturated carbocycles. The minimum Gasteiger partial charge on any atom is -0.345 e. The predicted molar refractivity (Wildman–Crippen MR) is 83.1 cm³/mol. The standard InChI is InChI=1S/C17H14FN3O2/c1-21(2)17(22)12-8-4-3-7-11(12)16-19-15(20-23-16)13-9-5-6-10-14(13)18/h3-10H,1-2H3. The van der Waals surface area contributed by atoms with E-state index in [1.54, 1.807) is 56.6 Å². The summed E-state index contributed by atoms with van der Waals surface area (Å²) in [6.07, 6.45) is 0. The third-order valence-corrected chi connectivity index (χ3v) is 3.33. The van der Waals surface area contributed by atoms with Crippen molar-refractivity contribution in [2.45, 2.75) is 0 Å². The first-order chi connectivity index (χ1) is 11.1. The highest BCUT2D eigenvalue weighted by atomic mass is 19.1. The van der Waals surface area contributed by atoms with E-state index in [2.05, 4.69) is 10.1 Å². The third-order valence-electron chi connectivity index (χ3n) is 3.33. The van der Waals surface area contributed by atoms with Crippen LogP contribution in [0.3, 0.4) is 0 Å². The molecular formula is C17H14FN3O2. The molecule has 1 amide bonds. The molecule has 3 rings (SSSR count). The molecule has 0 fully saturated rings. The lowest BCUT2D eigenvalue weighted by molar-refractivity contribution is 0.0828. The van der Waals surface area contributed by atoms with Crippen LogP contribution in [0.25, 0.3) is 22.8 Å². The van der Waals surface area contributed by atoms with Crippen molar-refractivity contribution in [2.24, 2.45) is 0 Å². The fourth-order valence-electron chi connectivity index (χ4n) is 2.18. The number of carbonyl (C=O) groups excluding carboxylic acids is 1. The molecule has 0 unspecified atom stereocenters. The average Bonchev–Trinajstić information content (AvgIpc) is 3.04. The number of halogens is 1. The third kappa shape index (κ3) is 2.83. The van der Waals surface area contributed by atoms with Gasteiger partial charge in [-0.1, -0.05) is 29.4 Å². The van der Waals surface area contributed by atoms with Crippen molar-refractivity contribution < 1.29 is 13.7 Å². The molecule has 0 aliphatic heterocycles. The molecule has 1 aromatic heterocycles. The second-order valence-corrected chi connectivity index (χ2v) is 5.15. The number of amides is 1. The Balaban J connectivity index is 2.05. The van der Waals surface area contributed by atoms with Gasteiger partial charge in [0, 0.05) is 14.1 Å². The molecule has 0 radical (unpaired) electrons. The number of carbonyl (C=O) groups is 1. The molecule has 0 aliphatic carbocycles. The Morgan fingerprint density at radius 2 is 1.70 bits per heavy atom. The van der Waals surface area contributed by atoms with Crippen LogP contribution in [0.2, 0.25) is 0 Å². The Kier molecular flexibility index (Phi) is 3.89. The minimum atomic E-state index is -0.433. The van der Waals surface area contributed by atoms with Gasteiger partial charge in [-0.15, -0.1) is 0 Å². The Bertz CT molecular complexity index is 858. The van der Waals surface area contributed by atoms with Crippen molar-refractivity contribution in [3.63, 3.8) is 0 Å². The summed E-state index contributed by atoms with van der Waals surface area (Å²) in [6.45, 7) is 0. The topological polar surface area (TPSA) is 59.2 Å². The van der Waals surface area contributed by atoms with E-state index in [1.165, 1.54) is 11.0 Å². The van der Waals surface area contributed by atoms with Gasteiger partial charge in [-0.25, -0.2) is 4.39 Å². The number of benzene rings is 2. The smallest absolute Gasteiger partial charge is 0.259 e. The van der Waals surface area contributed by atoms with Gasteiger partial charge in [-0.3, -0.25) is 4.79 Å². The first-order valence-electron chi connectivity index (χ1n) is 6.97. The van der Waals surface area contributed by atoms with Crippen LogP contribution in [-0.4, -0.2) is 35.0 Å². The van der Waals surface area contributed by atoms with E-state index in [1.807, 2.05) is 0 Å². The van der Waals surface area contributed by atoms with E-state index in [0.717, 1.165) is 0 Å². The highest BCUT2D eigenvalue weighted by Gasteiger charge is 2.19. The number of nitrogens with zero attached hydrogens (tertiary/aromatic N) is 3. The lowest BCUT2D eigenvalue weighted by Crippen LogP contribution is -2.22. The molecule has 23 heavy (non-hydrogen) atoms. The van der Waals surface area contributed by atoms with E-state index in [0.29, 0.717) is 11.1 Å². The van der Waals surface area contributed by atoms with Crippen LogP contribution in [0.15, 0.2) is 53.1 Å². The van der Waals surface area contributed by atoms with E-state index in [9.17, 15) is 9.18 Å². The summed E-state index contributed by atoms with van der Waals surface area (Å²) in [4.78, 5) is 17.9. The van der Waals surface area contributed by atoms with Gasteiger partial charge in [0.05, 0.1) is 16.7 Å². The summed E-state index contributed by atoms with van der Waals surface area (Å²) >= 11 is 0. The van der Waals surface area contributed by atoms with Crippen molar-refractivity contribution in [2.75, 3.05) is 14.1 Å². The van der Waals surface area contributed by atoms with Crippen LogP contribution in [0.4, 0.5) is 4.39 Å². The molecule has 0 aliphatic rings. The molecular weight excluding hydrogens is 297 g/mol. The summed E-state index contributed by atoms with van der Waals surface area (Å²) in [7, 11) is 3.33. The van der Waals surface area contributed by atoms with Crippen LogP contribution in [0.5, 0.6) is 0 Å². The monoisotopic (exact) mass is 311 g/mol. The van der Waals surface area contributed by atoms with Crippen molar-refractivity contribution in [1.82, 2.24) is 15.0 Å². The predicted octanol–water partition coefficient (Wildman–Crippen LogP) is 3.24. The maximum absolute atomic E-state index is 13.8. The van der Waals surface area contributed by atoms with Gasteiger partial charge in [-0.2, -0.15) is 4.98 Å². The second kappa shape index (κ2) is 6.00. The highest BCUT2D eigenvalue weighted by Crippen LogP contribution is 2.26. The van der Waals surface area contributed by atoms with Crippen LogP contribution in [0.1, 0.15) is 10.4 Å². The van der Waals surface area contributed by atoms with Crippen molar-refractivity contribution >= 4 is 5.91 Å². The van der Waals surface area contributed by atoms with Crippen LogP contribution in [0, 0.1) is 5.82 Å². The second-order valence-electron chi connectivity index (χ2n) is 5.15. The van der Waals surface area contributed by atoms with Gasteiger partial charge in [0.25, 0.3) is 11.8 Å². The van der Waals surface area contributed by atoms with Gasteiger partial charge in [-0.05, 0) is 24.3 Å². The molecule has 1 heterocycles. The number of aromatic nitrogens is 2. The van der Waals surface area contributed by atoms with E-state index in [-0.39, 0.29) is 23.2 Å². The van der Waals surface area contributed by atoms with Crippen molar-refractivity contribution in [3.05, 3.63) is 59.9 Å². The van der Waals surface area contributed by atoms with E-state index >= 15 is 0 Å². The lowest BCUT2D eigenvalue weighted by atomic mass is 10.1. The maximum atomic E-state index is 13.8. The fourth-order valence-corrected chi connectivity index (χ4v) is 2.18. The van der Waals surface area contributed by atoms with Gasteiger partial charge in [0.1, 0.15) is 5.82 Å². The molecule has 0 atom stereocenters. The Hall–Kier alpha value is -3.02. The van der Waals surface area contributed by atoms with Gasteiger partial charge < -0.3 is 9.42 Å².